The molecule has 0 radical (unpaired) electrons. The number of amides is 1. The van der Waals surface area contributed by atoms with E-state index in [4.69, 9.17) is 4.98 Å². The van der Waals surface area contributed by atoms with Gasteiger partial charge in [0, 0.05) is 13.0 Å². The van der Waals surface area contributed by atoms with E-state index >= 15 is 0 Å². The zero-order chi connectivity index (χ0) is 22.7. The molecule has 0 fully saturated rings. The molecule has 0 bridgehead atoms. The Bertz CT molecular complexity index is 1230. The molecule has 3 aromatic carbocycles. The van der Waals surface area contributed by atoms with Crippen molar-refractivity contribution in [3.8, 4) is 0 Å². The van der Waals surface area contributed by atoms with Gasteiger partial charge in [0.15, 0.2) is 0 Å². The fraction of sp³-hybridized carbons (Fsp3) is 0.286. The highest BCUT2D eigenvalue weighted by Gasteiger charge is 2.15. The Morgan fingerprint density at radius 1 is 0.906 bits per heavy atom. The van der Waals surface area contributed by atoms with Crippen LogP contribution < -0.4 is 5.32 Å². The fourth-order valence-electron chi connectivity index (χ4n) is 4.30. The summed E-state index contributed by atoms with van der Waals surface area (Å²) in [6.07, 6.45) is 1.21. The van der Waals surface area contributed by atoms with Crippen molar-refractivity contribution in [2.75, 3.05) is 0 Å². The first kappa shape index (κ1) is 21.8. The molecular formula is C28H31N3O. The van der Waals surface area contributed by atoms with E-state index < -0.39 is 0 Å². The quantitative estimate of drug-likeness (QED) is 0.421. The normalized spacial score (nSPS) is 11.1. The SMILES string of the molecule is Cc1cc(C)c(C)c(Cn2c(CNC(=O)CCc3ccccc3)nc3ccccc32)c1C. The zero-order valence-corrected chi connectivity index (χ0v) is 19.4. The minimum atomic E-state index is 0.0474. The van der Waals surface area contributed by atoms with Crippen molar-refractivity contribution in [3.05, 3.63) is 99.9 Å². The molecule has 4 heteroatoms. The summed E-state index contributed by atoms with van der Waals surface area (Å²) in [5.41, 5.74) is 9.83. The predicted octanol–water partition coefficient (Wildman–Crippen LogP) is 5.57. The molecule has 4 aromatic rings. The second-order valence-corrected chi connectivity index (χ2v) is 8.60. The van der Waals surface area contributed by atoms with Gasteiger partial charge in [-0.05, 0) is 79.6 Å². The molecule has 0 aliphatic carbocycles. The van der Waals surface area contributed by atoms with E-state index in [0.29, 0.717) is 13.0 Å². The van der Waals surface area contributed by atoms with Gasteiger partial charge in [0.25, 0.3) is 0 Å². The number of fused-ring (bicyclic) bond motifs is 1. The van der Waals surface area contributed by atoms with Crippen LogP contribution in [0.1, 0.15) is 45.6 Å². The Kier molecular flexibility index (Phi) is 6.40. The summed E-state index contributed by atoms with van der Waals surface area (Å²) in [6, 6.07) is 20.6. The first-order chi connectivity index (χ1) is 15.4. The summed E-state index contributed by atoms with van der Waals surface area (Å²) >= 11 is 0. The van der Waals surface area contributed by atoms with E-state index in [9.17, 15) is 4.79 Å². The monoisotopic (exact) mass is 425 g/mol. The summed E-state index contributed by atoms with van der Waals surface area (Å²) in [5, 5.41) is 3.09. The number of imidazole rings is 1. The number of benzene rings is 3. The number of hydrogen-bond donors (Lipinski definition) is 1. The largest absolute Gasteiger partial charge is 0.349 e. The Morgan fingerprint density at radius 2 is 1.56 bits per heavy atom. The lowest BCUT2D eigenvalue weighted by Crippen LogP contribution is -2.25. The van der Waals surface area contributed by atoms with Crippen molar-refractivity contribution in [2.45, 2.75) is 53.6 Å². The highest BCUT2D eigenvalue weighted by atomic mass is 16.1. The van der Waals surface area contributed by atoms with Crippen LogP contribution in [-0.4, -0.2) is 15.5 Å². The van der Waals surface area contributed by atoms with Crippen LogP contribution in [0.4, 0.5) is 0 Å². The lowest BCUT2D eigenvalue weighted by molar-refractivity contribution is -0.121. The van der Waals surface area contributed by atoms with Crippen LogP contribution in [0.15, 0.2) is 60.7 Å². The fourth-order valence-corrected chi connectivity index (χ4v) is 4.30. The third-order valence-corrected chi connectivity index (χ3v) is 6.50. The maximum absolute atomic E-state index is 12.5. The average molecular weight is 426 g/mol. The van der Waals surface area contributed by atoms with Crippen molar-refractivity contribution in [1.82, 2.24) is 14.9 Å². The van der Waals surface area contributed by atoms with Crippen LogP contribution >= 0.6 is 0 Å². The number of carbonyl (C=O) groups excluding carboxylic acids is 1. The molecule has 4 rings (SSSR count). The van der Waals surface area contributed by atoms with Gasteiger partial charge in [-0.2, -0.15) is 0 Å². The number of para-hydroxylation sites is 2. The Morgan fingerprint density at radius 3 is 2.28 bits per heavy atom. The molecule has 0 spiro atoms. The van der Waals surface area contributed by atoms with Gasteiger partial charge in [-0.15, -0.1) is 0 Å². The minimum absolute atomic E-state index is 0.0474. The van der Waals surface area contributed by atoms with Crippen LogP contribution in [0.5, 0.6) is 0 Å². The predicted molar refractivity (Wildman–Crippen MR) is 131 cm³/mol. The van der Waals surface area contributed by atoms with E-state index in [2.05, 4.69) is 61.8 Å². The van der Waals surface area contributed by atoms with Gasteiger partial charge >= 0.3 is 0 Å². The average Bonchev–Trinajstić information content (AvgIpc) is 3.15. The molecule has 0 atom stereocenters. The van der Waals surface area contributed by atoms with Gasteiger partial charge in [-0.25, -0.2) is 4.98 Å². The second-order valence-electron chi connectivity index (χ2n) is 8.60. The molecule has 4 nitrogen and oxygen atoms in total. The molecule has 164 valence electrons. The summed E-state index contributed by atoms with van der Waals surface area (Å²) in [4.78, 5) is 17.4. The van der Waals surface area contributed by atoms with Gasteiger partial charge in [0.05, 0.1) is 17.6 Å². The van der Waals surface area contributed by atoms with Crippen molar-refractivity contribution in [2.24, 2.45) is 0 Å². The van der Waals surface area contributed by atoms with Gasteiger partial charge in [-0.1, -0.05) is 48.5 Å². The van der Waals surface area contributed by atoms with Crippen molar-refractivity contribution in [1.29, 1.82) is 0 Å². The summed E-state index contributed by atoms with van der Waals surface area (Å²) < 4.78 is 2.25. The first-order valence-electron chi connectivity index (χ1n) is 11.2. The van der Waals surface area contributed by atoms with Crippen molar-refractivity contribution in [3.63, 3.8) is 0 Å². The summed E-state index contributed by atoms with van der Waals surface area (Å²) in [7, 11) is 0. The second kappa shape index (κ2) is 9.39. The van der Waals surface area contributed by atoms with Crippen molar-refractivity contribution < 1.29 is 4.79 Å². The third kappa shape index (κ3) is 4.59. The maximum atomic E-state index is 12.5. The van der Waals surface area contributed by atoms with E-state index in [1.54, 1.807) is 0 Å². The molecule has 1 N–H and O–H groups in total. The molecular weight excluding hydrogens is 394 g/mol. The number of aryl methyl sites for hydroxylation is 3. The van der Waals surface area contributed by atoms with E-state index in [1.807, 2.05) is 36.4 Å². The maximum Gasteiger partial charge on any atom is 0.220 e. The number of nitrogens with zero attached hydrogens (tertiary/aromatic N) is 2. The summed E-state index contributed by atoms with van der Waals surface area (Å²) in [6.45, 7) is 9.90. The van der Waals surface area contributed by atoms with E-state index in [0.717, 1.165) is 29.8 Å². The lowest BCUT2D eigenvalue weighted by Gasteiger charge is -2.18. The van der Waals surface area contributed by atoms with E-state index in [-0.39, 0.29) is 5.91 Å². The molecule has 1 aromatic heterocycles. The standard InChI is InChI=1S/C28H31N3O/c1-19-16-20(2)22(4)24(21(19)3)18-31-26-13-9-8-12-25(26)30-27(31)17-29-28(32)15-14-23-10-6-5-7-11-23/h5-13,16H,14-15,17-18H2,1-4H3,(H,29,32). The van der Waals surface area contributed by atoms with Crippen LogP contribution in [-0.2, 0) is 24.3 Å². The number of carbonyl (C=O) groups is 1. The first-order valence-corrected chi connectivity index (χ1v) is 11.2. The molecule has 0 aliphatic heterocycles. The van der Waals surface area contributed by atoms with Crippen LogP contribution in [0.25, 0.3) is 11.0 Å². The molecule has 0 aliphatic rings. The van der Waals surface area contributed by atoms with Crippen molar-refractivity contribution >= 4 is 16.9 Å². The van der Waals surface area contributed by atoms with E-state index in [1.165, 1.54) is 33.4 Å². The Labute approximate surface area is 190 Å². The smallest absolute Gasteiger partial charge is 0.220 e. The molecule has 0 unspecified atom stereocenters. The Hall–Kier alpha value is -3.40. The minimum Gasteiger partial charge on any atom is -0.349 e. The topological polar surface area (TPSA) is 46.9 Å². The molecule has 1 heterocycles. The van der Waals surface area contributed by atoms with Gasteiger partial charge in [-0.3, -0.25) is 4.79 Å². The highest BCUT2D eigenvalue weighted by Crippen LogP contribution is 2.25. The van der Waals surface area contributed by atoms with Gasteiger partial charge in [0.1, 0.15) is 5.82 Å². The van der Waals surface area contributed by atoms with Gasteiger partial charge < -0.3 is 9.88 Å². The molecule has 0 saturated heterocycles. The Balaban J connectivity index is 1.57. The van der Waals surface area contributed by atoms with Crippen LogP contribution in [0.3, 0.4) is 0 Å². The molecule has 1 amide bonds. The highest BCUT2D eigenvalue weighted by molar-refractivity contribution is 5.77. The number of hydrogen-bond acceptors (Lipinski definition) is 2. The number of rotatable bonds is 7. The molecule has 0 saturated carbocycles. The van der Waals surface area contributed by atoms with Gasteiger partial charge in [0.2, 0.25) is 5.91 Å². The number of aromatic nitrogens is 2. The molecule has 32 heavy (non-hydrogen) atoms. The third-order valence-electron chi connectivity index (χ3n) is 6.50. The number of nitrogens with one attached hydrogen (secondary N) is 1. The van der Waals surface area contributed by atoms with Crippen LogP contribution in [0.2, 0.25) is 0 Å². The lowest BCUT2D eigenvalue weighted by atomic mass is 9.94. The van der Waals surface area contributed by atoms with Crippen LogP contribution in [0, 0.1) is 27.7 Å². The summed E-state index contributed by atoms with van der Waals surface area (Å²) in [5.74, 6) is 0.934. The zero-order valence-electron chi connectivity index (χ0n) is 19.4.